The first kappa shape index (κ1) is 12.6. The van der Waals surface area contributed by atoms with Crippen LogP contribution in [0.25, 0.3) is 0 Å². The molecule has 0 bridgehead atoms. The van der Waals surface area contributed by atoms with Crippen molar-refractivity contribution in [1.29, 1.82) is 0 Å². The number of anilines is 1. The van der Waals surface area contributed by atoms with Crippen molar-refractivity contribution in [2.24, 2.45) is 0 Å². The molecule has 1 N–H and O–H groups in total. The topological polar surface area (TPSA) is 34.0 Å². The van der Waals surface area contributed by atoms with Crippen LogP contribution >= 0.6 is 11.6 Å². The van der Waals surface area contributed by atoms with E-state index in [2.05, 4.69) is 5.32 Å². The van der Waals surface area contributed by atoms with Crippen LogP contribution in [-0.4, -0.2) is 11.1 Å². The summed E-state index contributed by atoms with van der Waals surface area (Å²) < 4.78 is 14.6. The van der Waals surface area contributed by atoms with Crippen molar-refractivity contribution >= 4 is 17.3 Å². The molecule has 0 saturated carbocycles. The fourth-order valence-electron chi connectivity index (χ4n) is 1.59. The van der Waals surface area contributed by atoms with Gasteiger partial charge in [0.15, 0.2) is 0 Å². The Morgan fingerprint density at radius 1 is 1.28 bits per heavy atom. The first-order valence-corrected chi connectivity index (χ1v) is 5.89. The minimum absolute atomic E-state index is 0.0651. The lowest BCUT2D eigenvalue weighted by atomic mass is 10.3. The zero-order valence-corrected chi connectivity index (χ0v) is 10.3. The highest BCUT2D eigenvalue weighted by atomic mass is 35.5. The molecule has 18 heavy (non-hydrogen) atoms. The first-order valence-electron chi connectivity index (χ1n) is 5.51. The van der Waals surface area contributed by atoms with Gasteiger partial charge < -0.3 is 9.88 Å². The fraction of sp³-hybridized carbons (Fsp3) is 0.154. The van der Waals surface area contributed by atoms with E-state index in [0.717, 1.165) is 0 Å². The maximum absolute atomic E-state index is 13.0. The molecule has 0 spiro atoms. The summed E-state index contributed by atoms with van der Waals surface area (Å²) in [7, 11) is 0. The second kappa shape index (κ2) is 5.69. The predicted octanol–water partition coefficient (Wildman–Crippen LogP) is 2.75. The van der Waals surface area contributed by atoms with E-state index in [9.17, 15) is 9.18 Å². The Bertz CT molecular complexity index is 598. The molecule has 5 heteroatoms. The van der Waals surface area contributed by atoms with Crippen molar-refractivity contribution in [2.75, 3.05) is 11.9 Å². The molecule has 0 saturated heterocycles. The van der Waals surface area contributed by atoms with E-state index in [4.69, 9.17) is 11.6 Å². The summed E-state index contributed by atoms with van der Waals surface area (Å²) >= 11 is 5.91. The number of rotatable bonds is 4. The number of aromatic nitrogens is 1. The third-order valence-corrected chi connectivity index (χ3v) is 2.83. The second-order valence-corrected chi connectivity index (χ2v) is 4.19. The monoisotopic (exact) mass is 266 g/mol. The van der Waals surface area contributed by atoms with Crippen molar-refractivity contribution in [3.8, 4) is 0 Å². The van der Waals surface area contributed by atoms with Crippen LogP contribution in [0.15, 0.2) is 47.4 Å². The first-order chi connectivity index (χ1) is 8.66. The van der Waals surface area contributed by atoms with Gasteiger partial charge in [-0.3, -0.25) is 4.79 Å². The van der Waals surface area contributed by atoms with Crippen molar-refractivity contribution in [2.45, 2.75) is 6.54 Å². The van der Waals surface area contributed by atoms with Crippen molar-refractivity contribution in [1.82, 2.24) is 4.57 Å². The van der Waals surface area contributed by atoms with Crippen LogP contribution in [0.3, 0.4) is 0 Å². The molecule has 94 valence electrons. The smallest absolute Gasteiger partial charge is 0.250 e. The SMILES string of the molecule is O=c1ccccn1CCNc1cc(F)ccc1Cl. The molecule has 2 aromatic rings. The average molecular weight is 267 g/mol. The molecular weight excluding hydrogens is 255 g/mol. The van der Waals surface area contributed by atoms with Crippen LogP contribution < -0.4 is 10.9 Å². The standard InChI is InChI=1S/C13H12ClFN2O/c14-11-5-4-10(15)9-12(11)16-6-8-17-7-2-1-3-13(17)18/h1-5,7,9,16H,6,8H2. The van der Waals surface area contributed by atoms with Crippen LogP contribution in [0.2, 0.25) is 5.02 Å². The van der Waals surface area contributed by atoms with E-state index in [-0.39, 0.29) is 11.4 Å². The fourth-order valence-corrected chi connectivity index (χ4v) is 1.77. The highest BCUT2D eigenvalue weighted by molar-refractivity contribution is 6.33. The van der Waals surface area contributed by atoms with E-state index in [1.165, 1.54) is 24.3 Å². The Labute approximate surface area is 109 Å². The number of pyridine rings is 1. The van der Waals surface area contributed by atoms with Crippen molar-refractivity contribution in [3.05, 3.63) is 63.8 Å². The van der Waals surface area contributed by atoms with Crippen LogP contribution in [0.5, 0.6) is 0 Å². The lowest BCUT2D eigenvalue weighted by Crippen LogP contribution is -2.22. The van der Waals surface area contributed by atoms with Gasteiger partial charge >= 0.3 is 0 Å². The summed E-state index contributed by atoms with van der Waals surface area (Å²) in [4.78, 5) is 11.4. The highest BCUT2D eigenvalue weighted by Gasteiger charge is 2.01. The molecule has 1 aromatic carbocycles. The normalized spacial score (nSPS) is 10.3. The quantitative estimate of drug-likeness (QED) is 0.923. The molecular formula is C13H12ClFN2O. The van der Waals surface area contributed by atoms with Crippen LogP contribution in [0.4, 0.5) is 10.1 Å². The molecule has 3 nitrogen and oxygen atoms in total. The van der Waals surface area contributed by atoms with Crippen LogP contribution in [0.1, 0.15) is 0 Å². The number of nitrogens with one attached hydrogen (secondary N) is 1. The maximum atomic E-state index is 13.0. The molecule has 0 unspecified atom stereocenters. The number of hydrogen-bond donors (Lipinski definition) is 1. The second-order valence-electron chi connectivity index (χ2n) is 3.78. The summed E-state index contributed by atoms with van der Waals surface area (Å²) in [6.07, 6.45) is 1.71. The molecule has 2 rings (SSSR count). The van der Waals surface area contributed by atoms with Gasteiger partial charge in [-0.15, -0.1) is 0 Å². The molecule has 0 fully saturated rings. The Balaban J connectivity index is 1.99. The molecule has 0 aliphatic carbocycles. The highest BCUT2D eigenvalue weighted by Crippen LogP contribution is 2.21. The summed E-state index contributed by atoms with van der Waals surface area (Å²) in [5.74, 6) is -0.348. The van der Waals surface area contributed by atoms with Gasteiger partial charge in [0.1, 0.15) is 5.82 Å². The van der Waals surface area contributed by atoms with Gasteiger partial charge in [0, 0.05) is 25.4 Å². The Hall–Kier alpha value is -1.81. The van der Waals surface area contributed by atoms with E-state index >= 15 is 0 Å². The van der Waals surface area contributed by atoms with E-state index < -0.39 is 0 Å². The molecule has 1 aromatic heterocycles. The lowest BCUT2D eigenvalue weighted by Gasteiger charge is -2.09. The zero-order valence-electron chi connectivity index (χ0n) is 9.57. The average Bonchev–Trinajstić information content (AvgIpc) is 2.36. The molecule has 0 amide bonds. The predicted molar refractivity (Wildman–Crippen MR) is 70.6 cm³/mol. The minimum Gasteiger partial charge on any atom is -0.382 e. The van der Waals surface area contributed by atoms with Gasteiger partial charge in [-0.2, -0.15) is 0 Å². The Morgan fingerprint density at radius 3 is 2.89 bits per heavy atom. The third kappa shape index (κ3) is 3.11. The van der Waals surface area contributed by atoms with Gasteiger partial charge in [-0.05, 0) is 24.3 Å². The van der Waals surface area contributed by atoms with Gasteiger partial charge in [0.2, 0.25) is 0 Å². The Morgan fingerprint density at radius 2 is 2.11 bits per heavy atom. The maximum Gasteiger partial charge on any atom is 0.250 e. The Kier molecular flexibility index (Phi) is 3.99. The molecule has 0 radical (unpaired) electrons. The lowest BCUT2D eigenvalue weighted by molar-refractivity contribution is 0.628. The number of benzene rings is 1. The van der Waals surface area contributed by atoms with E-state index in [1.807, 2.05) is 0 Å². The molecule has 0 aliphatic heterocycles. The van der Waals surface area contributed by atoms with Crippen LogP contribution in [-0.2, 0) is 6.54 Å². The number of nitrogens with zero attached hydrogens (tertiary/aromatic N) is 1. The number of halogens is 2. The van der Waals surface area contributed by atoms with Crippen LogP contribution in [0, 0.1) is 5.82 Å². The summed E-state index contributed by atoms with van der Waals surface area (Å²) in [5.41, 5.74) is 0.463. The van der Waals surface area contributed by atoms with Gasteiger partial charge in [-0.25, -0.2) is 4.39 Å². The van der Waals surface area contributed by atoms with Gasteiger partial charge in [0.05, 0.1) is 10.7 Å². The van der Waals surface area contributed by atoms with Crippen molar-refractivity contribution in [3.63, 3.8) is 0 Å². The van der Waals surface area contributed by atoms with Gasteiger partial charge in [-0.1, -0.05) is 17.7 Å². The molecule has 0 atom stereocenters. The minimum atomic E-state index is -0.348. The summed E-state index contributed by atoms with van der Waals surface area (Å²) in [6.45, 7) is 0.986. The molecule has 1 heterocycles. The largest absolute Gasteiger partial charge is 0.382 e. The van der Waals surface area contributed by atoms with Crippen molar-refractivity contribution < 1.29 is 4.39 Å². The summed E-state index contributed by atoms with van der Waals surface area (Å²) in [5, 5.41) is 3.45. The van der Waals surface area contributed by atoms with E-state index in [0.29, 0.717) is 23.8 Å². The zero-order chi connectivity index (χ0) is 13.0. The summed E-state index contributed by atoms with van der Waals surface area (Å²) in [6, 6.07) is 9.10. The molecule has 0 aliphatic rings. The van der Waals surface area contributed by atoms with E-state index in [1.54, 1.807) is 22.9 Å². The number of hydrogen-bond acceptors (Lipinski definition) is 2. The van der Waals surface area contributed by atoms with Gasteiger partial charge in [0.25, 0.3) is 5.56 Å². The third-order valence-electron chi connectivity index (χ3n) is 2.50.